The van der Waals surface area contributed by atoms with Crippen molar-refractivity contribution in [1.82, 2.24) is 9.88 Å². The molecule has 2 bridgehead atoms. The van der Waals surface area contributed by atoms with Crippen LogP contribution in [-0.2, 0) is 4.74 Å². The predicted octanol–water partition coefficient (Wildman–Crippen LogP) is 6.80. The van der Waals surface area contributed by atoms with E-state index in [1.54, 1.807) is 0 Å². The van der Waals surface area contributed by atoms with Crippen molar-refractivity contribution >= 4 is 22.6 Å². The third kappa shape index (κ3) is 3.35. The zero-order chi connectivity index (χ0) is 23.4. The third-order valence-corrected chi connectivity index (χ3v) is 7.90. The summed E-state index contributed by atoms with van der Waals surface area (Å²) in [6.45, 7) is 0.369. The average molecular weight is 459 g/mol. The number of carbonyl (C=O) groups is 1. The maximum absolute atomic E-state index is 13.3. The highest BCUT2D eigenvalue weighted by Gasteiger charge is 2.41. The van der Waals surface area contributed by atoms with Crippen LogP contribution in [0.15, 0.2) is 91.1 Å². The van der Waals surface area contributed by atoms with Crippen LogP contribution in [0.25, 0.3) is 27.6 Å². The quantitative estimate of drug-likeness (QED) is 0.339. The molecule has 172 valence electrons. The van der Waals surface area contributed by atoms with Gasteiger partial charge in [0.05, 0.1) is 11.6 Å². The SMILES string of the molecule is O=C(OCC1c2ccccc2-c2ccccc21)N1C2C=C(c3cnc4ccccc4c3)CC1CC2. The molecule has 3 heterocycles. The lowest BCUT2D eigenvalue weighted by Crippen LogP contribution is -2.43. The molecule has 0 spiro atoms. The fraction of sp³-hybridized carbons (Fsp3) is 0.226. The molecule has 1 amide bonds. The molecule has 2 atom stereocenters. The van der Waals surface area contributed by atoms with Crippen LogP contribution in [0.3, 0.4) is 0 Å². The molecule has 1 saturated heterocycles. The molecular weight excluding hydrogens is 432 g/mol. The monoisotopic (exact) mass is 458 g/mol. The van der Waals surface area contributed by atoms with E-state index in [1.165, 1.54) is 27.8 Å². The molecule has 1 fully saturated rings. The highest BCUT2D eigenvalue weighted by Crippen LogP contribution is 2.45. The number of rotatable bonds is 3. The Morgan fingerprint density at radius 2 is 1.63 bits per heavy atom. The van der Waals surface area contributed by atoms with E-state index in [9.17, 15) is 4.79 Å². The molecule has 1 aromatic heterocycles. The summed E-state index contributed by atoms with van der Waals surface area (Å²) in [7, 11) is 0. The standard InChI is InChI=1S/C31H26N2O2/c34-31(35-19-29-27-10-4-2-8-25(27)26-9-3-5-11-28(26)29)33-23-13-14-24(33)17-21(16-23)22-15-20-7-1-6-12-30(20)32-18-22/h1-12,15-16,18,23-24,29H,13-14,17,19H2. The topological polar surface area (TPSA) is 42.4 Å². The molecular formula is C31H26N2O2. The first-order chi connectivity index (χ1) is 17.3. The molecule has 0 N–H and O–H groups in total. The van der Waals surface area contributed by atoms with Gasteiger partial charge in [-0.25, -0.2) is 4.79 Å². The summed E-state index contributed by atoms with van der Waals surface area (Å²) in [4.78, 5) is 19.9. The van der Waals surface area contributed by atoms with Crippen molar-refractivity contribution in [3.05, 3.63) is 108 Å². The Bertz CT molecular complexity index is 1440. The van der Waals surface area contributed by atoms with E-state index in [-0.39, 0.29) is 24.1 Å². The summed E-state index contributed by atoms with van der Waals surface area (Å²) in [6, 6.07) is 27.6. The number of benzene rings is 3. The Morgan fingerprint density at radius 3 is 2.40 bits per heavy atom. The normalized spacial score (nSPS) is 20.5. The predicted molar refractivity (Wildman–Crippen MR) is 138 cm³/mol. The van der Waals surface area contributed by atoms with Gasteiger partial charge < -0.3 is 4.74 Å². The Kier molecular flexibility index (Phi) is 4.73. The van der Waals surface area contributed by atoms with Crippen molar-refractivity contribution in [2.24, 2.45) is 0 Å². The van der Waals surface area contributed by atoms with Crippen LogP contribution in [0, 0.1) is 0 Å². The second-order valence-corrected chi connectivity index (χ2v) is 9.82. The fourth-order valence-corrected chi connectivity index (χ4v) is 6.24. The average Bonchev–Trinajstić information content (AvgIpc) is 3.37. The molecule has 3 aromatic carbocycles. The Labute approximate surface area is 204 Å². The summed E-state index contributed by atoms with van der Waals surface area (Å²) < 4.78 is 6.00. The molecule has 3 aliphatic rings. The van der Waals surface area contributed by atoms with E-state index in [0.29, 0.717) is 6.61 Å². The molecule has 7 rings (SSSR count). The van der Waals surface area contributed by atoms with Crippen molar-refractivity contribution in [1.29, 1.82) is 0 Å². The number of nitrogens with zero attached hydrogens (tertiary/aromatic N) is 2. The molecule has 35 heavy (non-hydrogen) atoms. The van der Waals surface area contributed by atoms with Crippen LogP contribution >= 0.6 is 0 Å². The second-order valence-electron chi connectivity index (χ2n) is 9.82. The van der Waals surface area contributed by atoms with Crippen molar-refractivity contribution in [2.75, 3.05) is 6.61 Å². The van der Waals surface area contributed by atoms with Crippen LogP contribution in [0.4, 0.5) is 4.79 Å². The van der Waals surface area contributed by atoms with Gasteiger partial charge in [0.1, 0.15) is 6.61 Å². The number of fused-ring (bicyclic) bond motifs is 6. The zero-order valence-corrected chi connectivity index (χ0v) is 19.4. The molecule has 4 aromatic rings. The van der Waals surface area contributed by atoms with Gasteiger partial charge in [0.25, 0.3) is 0 Å². The summed E-state index contributed by atoms with van der Waals surface area (Å²) in [6.07, 6.45) is 6.88. The minimum Gasteiger partial charge on any atom is -0.448 e. The fourth-order valence-electron chi connectivity index (χ4n) is 6.24. The number of amides is 1. The number of carbonyl (C=O) groups excluding carboxylic acids is 1. The summed E-state index contributed by atoms with van der Waals surface area (Å²) in [5.74, 6) is 0.0866. The maximum Gasteiger partial charge on any atom is 0.410 e. The van der Waals surface area contributed by atoms with Crippen LogP contribution < -0.4 is 0 Å². The highest BCUT2D eigenvalue weighted by molar-refractivity contribution is 5.84. The lowest BCUT2D eigenvalue weighted by molar-refractivity contribution is 0.0866. The summed E-state index contributed by atoms with van der Waals surface area (Å²) in [5, 5.41) is 1.15. The zero-order valence-electron chi connectivity index (χ0n) is 19.4. The van der Waals surface area contributed by atoms with Gasteiger partial charge in [-0.2, -0.15) is 0 Å². The van der Waals surface area contributed by atoms with E-state index in [0.717, 1.165) is 35.7 Å². The Morgan fingerprint density at radius 1 is 0.914 bits per heavy atom. The van der Waals surface area contributed by atoms with Crippen molar-refractivity contribution < 1.29 is 9.53 Å². The lowest BCUT2D eigenvalue weighted by atomic mass is 9.95. The molecule has 4 nitrogen and oxygen atoms in total. The van der Waals surface area contributed by atoms with Gasteiger partial charge in [0.2, 0.25) is 0 Å². The van der Waals surface area contributed by atoms with E-state index in [2.05, 4.69) is 71.7 Å². The largest absolute Gasteiger partial charge is 0.448 e. The first kappa shape index (κ1) is 20.5. The minimum atomic E-state index is -0.189. The Balaban J connectivity index is 1.11. The minimum absolute atomic E-state index is 0.0866. The molecule has 2 unspecified atom stereocenters. The van der Waals surface area contributed by atoms with E-state index < -0.39 is 0 Å². The lowest BCUT2D eigenvalue weighted by Gasteiger charge is -2.33. The molecule has 1 aliphatic carbocycles. The van der Waals surface area contributed by atoms with Gasteiger partial charge in [0.15, 0.2) is 0 Å². The number of hydrogen-bond acceptors (Lipinski definition) is 3. The smallest absolute Gasteiger partial charge is 0.410 e. The molecule has 0 saturated carbocycles. The molecule has 2 aliphatic heterocycles. The molecule has 4 heteroatoms. The number of hydrogen-bond donors (Lipinski definition) is 0. The van der Waals surface area contributed by atoms with Crippen molar-refractivity contribution in [2.45, 2.75) is 37.3 Å². The van der Waals surface area contributed by atoms with Gasteiger partial charge in [-0.05, 0) is 64.8 Å². The van der Waals surface area contributed by atoms with Crippen LogP contribution in [0.2, 0.25) is 0 Å². The number of pyridine rings is 1. The van der Waals surface area contributed by atoms with Crippen LogP contribution in [0.5, 0.6) is 0 Å². The maximum atomic E-state index is 13.3. The van der Waals surface area contributed by atoms with Crippen molar-refractivity contribution in [3.63, 3.8) is 0 Å². The second kappa shape index (κ2) is 8.09. The van der Waals surface area contributed by atoms with Crippen LogP contribution in [-0.4, -0.2) is 34.7 Å². The third-order valence-electron chi connectivity index (χ3n) is 7.90. The van der Waals surface area contributed by atoms with Gasteiger partial charge >= 0.3 is 6.09 Å². The number of aromatic nitrogens is 1. The first-order valence-electron chi connectivity index (χ1n) is 12.5. The van der Waals surface area contributed by atoms with Crippen molar-refractivity contribution in [3.8, 4) is 11.1 Å². The number of para-hydroxylation sites is 1. The first-order valence-corrected chi connectivity index (χ1v) is 12.5. The van der Waals surface area contributed by atoms with Gasteiger partial charge in [0, 0.05) is 23.5 Å². The highest BCUT2D eigenvalue weighted by atomic mass is 16.6. The van der Waals surface area contributed by atoms with E-state index >= 15 is 0 Å². The van der Waals surface area contributed by atoms with Gasteiger partial charge in [-0.15, -0.1) is 0 Å². The summed E-state index contributed by atoms with van der Waals surface area (Å²) in [5.41, 5.74) is 8.45. The van der Waals surface area contributed by atoms with Gasteiger partial charge in [-0.3, -0.25) is 9.88 Å². The van der Waals surface area contributed by atoms with E-state index in [1.807, 2.05) is 29.3 Å². The van der Waals surface area contributed by atoms with E-state index in [4.69, 9.17) is 4.74 Å². The van der Waals surface area contributed by atoms with Crippen LogP contribution in [0.1, 0.15) is 41.9 Å². The number of ether oxygens (including phenoxy) is 1. The molecule has 0 radical (unpaired) electrons. The summed E-state index contributed by atoms with van der Waals surface area (Å²) >= 11 is 0. The Hall–Kier alpha value is -3.92. The van der Waals surface area contributed by atoms with Gasteiger partial charge in [-0.1, -0.05) is 72.8 Å².